The molecule has 2 aromatic rings. The van der Waals surface area contributed by atoms with E-state index in [-0.39, 0.29) is 36.7 Å². The Morgan fingerprint density at radius 1 is 1.15 bits per heavy atom. The minimum absolute atomic E-state index is 0.130. The van der Waals surface area contributed by atoms with E-state index in [9.17, 15) is 19.5 Å². The molecule has 12 nitrogen and oxygen atoms in total. The van der Waals surface area contributed by atoms with E-state index in [4.69, 9.17) is 14.3 Å². The van der Waals surface area contributed by atoms with E-state index in [2.05, 4.69) is 20.2 Å². The second-order valence-electron chi connectivity index (χ2n) is 14.0. The number of esters is 1. The number of aliphatic imine (C=N–C) groups is 1. The lowest BCUT2D eigenvalue weighted by atomic mass is 9.69. The molecule has 0 radical (unpaired) electrons. The summed E-state index contributed by atoms with van der Waals surface area (Å²) in [6.07, 6.45) is 6.23. The molecule has 262 valence electrons. The number of ether oxygens (including phenoxy) is 2. The van der Waals surface area contributed by atoms with Crippen LogP contribution in [0, 0.1) is 29.6 Å². The summed E-state index contributed by atoms with van der Waals surface area (Å²) >= 11 is 0. The number of carbonyl (C=O) groups is 3. The number of carbonyl (C=O) groups excluding carboxylic acids is 3. The molecule has 48 heavy (non-hydrogen) atoms. The summed E-state index contributed by atoms with van der Waals surface area (Å²) in [7, 11) is 0. The minimum atomic E-state index is -1.54. The molecule has 4 heterocycles. The molecular formula is C36H51N5O7. The van der Waals surface area contributed by atoms with Crippen LogP contribution in [0.3, 0.4) is 0 Å². The Hall–Kier alpha value is -3.77. The standard InChI is InChI=1S/C36H51N5O7/c1-9-30-36(8,45)29-13-12-28(40-47-20-27-11-14-31(37-19-27)41-16-10-15-38-41)21-46-35(7,17-22(2)32(24(29)4)39-26(6)42)18-23(3)33(43)25(5)34(44)48-30/h10-11,14-16,19,22-25,29-30,45H,9,12-13,17-18,20-21H2,1-8H3/b39-32+,40-28+/t22-,23-,24-,25-,29-,30-,35-,36+/m1/s1. The number of cyclic esters (lactones) is 1. The quantitative estimate of drug-likeness (QED) is 0.255. The number of ketones is 1. The molecular weight excluding hydrogens is 614 g/mol. The van der Waals surface area contributed by atoms with Gasteiger partial charge >= 0.3 is 5.97 Å². The van der Waals surface area contributed by atoms with Crippen LogP contribution in [0.4, 0.5) is 0 Å². The topological polar surface area (TPSA) is 155 Å². The van der Waals surface area contributed by atoms with Gasteiger partial charge in [-0.15, -0.1) is 0 Å². The van der Waals surface area contributed by atoms with Gasteiger partial charge in [-0.25, -0.2) is 14.7 Å². The van der Waals surface area contributed by atoms with Crippen LogP contribution in [0.5, 0.6) is 0 Å². The van der Waals surface area contributed by atoms with Crippen LogP contribution in [0.15, 0.2) is 46.9 Å². The highest BCUT2D eigenvalue weighted by molar-refractivity contribution is 6.00. The van der Waals surface area contributed by atoms with Crippen molar-refractivity contribution in [3.05, 3.63) is 42.4 Å². The monoisotopic (exact) mass is 665 g/mol. The van der Waals surface area contributed by atoms with Gasteiger partial charge in [-0.3, -0.25) is 14.4 Å². The Labute approximate surface area is 283 Å². The van der Waals surface area contributed by atoms with Crippen molar-refractivity contribution in [3.63, 3.8) is 0 Å². The highest BCUT2D eigenvalue weighted by Gasteiger charge is 2.48. The smallest absolute Gasteiger partial charge is 0.316 e. The largest absolute Gasteiger partial charge is 0.459 e. The summed E-state index contributed by atoms with van der Waals surface area (Å²) in [5.74, 6) is -3.19. The van der Waals surface area contributed by atoms with Crippen molar-refractivity contribution in [2.45, 2.75) is 111 Å². The Balaban J connectivity index is 1.74. The summed E-state index contributed by atoms with van der Waals surface area (Å²) < 4.78 is 14.2. The highest BCUT2D eigenvalue weighted by Crippen LogP contribution is 2.40. The number of fused-ring (bicyclic) bond motifs is 5. The number of hydrogen-bond donors (Lipinski definition) is 1. The summed E-state index contributed by atoms with van der Waals surface area (Å²) in [5, 5.41) is 21.0. The van der Waals surface area contributed by atoms with E-state index in [1.165, 1.54) is 6.92 Å². The van der Waals surface area contributed by atoms with E-state index >= 15 is 0 Å². The maximum Gasteiger partial charge on any atom is 0.316 e. The van der Waals surface area contributed by atoms with Gasteiger partial charge in [0, 0.05) is 48.6 Å². The third kappa shape index (κ3) is 8.82. The SMILES string of the molecule is CC[C@H]1OC(=O)[C@H](C)C(=O)[C@H](C)C[C@@]2(C)C[C@@H](C)/C(=N\C(C)=O)[C@H](C)[C@@H](CC/C(=N\OCc3ccc(-n4cccn4)nc3)CO2)[C@]1(C)O. The van der Waals surface area contributed by atoms with Crippen LogP contribution in [0.2, 0.25) is 0 Å². The van der Waals surface area contributed by atoms with E-state index in [1.807, 2.05) is 52.1 Å². The van der Waals surface area contributed by atoms with Crippen molar-refractivity contribution in [3.8, 4) is 5.82 Å². The van der Waals surface area contributed by atoms with Crippen molar-refractivity contribution in [1.82, 2.24) is 14.8 Å². The number of aromatic nitrogens is 3. The maximum absolute atomic E-state index is 13.6. The van der Waals surface area contributed by atoms with Gasteiger partial charge < -0.3 is 19.4 Å². The lowest BCUT2D eigenvalue weighted by Gasteiger charge is -2.43. The van der Waals surface area contributed by atoms with Crippen molar-refractivity contribution in [2.24, 2.45) is 39.7 Å². The zero-order chi connectivity index (χ0) is 35.2. The number of pyridine rings is 1. The zero-order valence-electron chi connectivity index (χ0n) is 29.5. The third-order valence-corrected chi connectivity index (χ3v) is 9.94. The van der Waals surface area contributed by atoms with Crippen LogP contribution >= 0.6 is 0 Å². The summed E-state index contributed by atoms with van der Waals surface area (Å²) in [6, 6.07) is 5.57. The summed E-state index contributed by atoms with van der Waals surface area (Å²) in [6.45, 7) is 14.5. The molecule has 4 rings (SSSR count). The second kappa shape index (κ2) is 15.6. The Morgan fingerprint density at radius 2 is 1.88 bits per heavy atom. The molecule has 0 aromatic carbocycles. The molecule has 2 fully saturated rings. The fourth-order valence-electron chi connectivity index (χ4n) is 7.40. The van der Waals surface area contributed by atoms with Gasteiger partial charge in [-0.2, -0.15) is 5.10 Å². The highest BCUT2D eigenvalue weighted by atomic mass is 16.6. The molecule has 2 saturated heterocycles. The van der Waals surface area contributed by atoms with E-state index in [0.717, 1.165) is 5.56 Å². The lowest BCUT2D eigenvalue weighted by molar-refractivity contribution is -0.178. The summed E-state index contributed by atoms with van der Waals surface area (Å²) in [5.41, 5.74) is -0.288. The first-order valence-electron chi connectivity index (χ1n) is 17.0. The molecule has 0 unspecified atom stereocenters. The second-order valence-corrected chi connectivity index (χ2v) is 14.0. The molecule has 12 heteroatoms. The number of oxime groups is 1. The van der Waals surface area contributed by atoms with Crippen molar-refractivity contribution < 1.29 is 33.8 Å². The van der Waals surface area contributed by atoms with Gasteiger partial charge in [0.1, 0.15) is 30.0 Å². The van der Waals surface area contributed by atoms with Crippen LogP contribution in [-0.4, -0.2) is 72.9 Å². The van der Waals surface area contributed by atoms with Gasteiger partial charge in [0.2, 0.25) is 5.91 Å². The fourth-order valence-corrected chi connectivity index (χ4v) is 7.40. The van der Waals surface area contributed by atoms with E-state index in [0.29, 0.717) is 49.3 Å². The Kier molecular flexibility index (Phi) is 12.1. The van der Waals surface area contributed by atoms with Crippen molar-refractivity contribution >= 4 is 29.1 Å². The predicted octanol–water partition coefficient (Wildman–Crippen LogP) is 5.29. The lowest BCUT2D eigenvalue weighted by Crippen LogP contribution is -2.53. The molecule has 1 N–H and O–H groups in total. The molecule has 2 aliphatic heterocycles. The number of aliphatic hydroxyl groups is 1. The number of Topliss-reactive ketones (excluding diaryl/α,β-unsaturated/α-hetero) is 1. The van der Waals surface area contributed by atoms with Gasteiger partial charge in [-0.1, -0.05) is 38.9 Å². The van der Waals surface area contributed by atoms with Crippen LogP contribution in [-0.2, 0) is 35.3 Å². The third-order valence-electron chi connectivity index (χ3n) is 9.94. The molecule has 2 bridgehead atoms. The average molecular weight is 666 g/mol. The first kappa shape index (κ1) is 37.1. The molecule has 2 aromatic heterocycles. The molecule has 2 aliphatic rings. The molecule has 1 amide bonds. The number of rotatable bonds is 5. The van der Waals surface area contributed by atoms with Crippen LogP contribution in [0.1, 0.15) is 93.1 Å². The number of nitrogens with zero attached hydrogens (tertiary/aromatic N) is 5. The normalized spacial score (nSPS) is 34.2. The molecule has 0 aliphatic carbocycles. The predicted molar refractivity (Wildman–Crippen MR) is 180 cm³/mol. The van der Waals surface area contributed by atoms with E-state index < -0.39 is 41.0 Å². The fraction of sp³-hybridized carbons (Fsp3) is 0.639. The van der Waals surface area contributed by atoms with Gasteiger partial charge in [0.05, 0.1) is 17.9 Å². The average Bonchev–Trinajstić information content (AvgIpc) is 3.58. The molecule has 8 atom stereocenters. The number of hydrogen-bond acceptors (Lipinski definition) is 10. The van der Waals surface area contributed by atoms with Crippen molar-refractivity contribution in [2.75, 3.05) is 6.61 Å². The maximum atomic E-state index is 13.6. The van der Waals surface area contributed by atoms with Gasteiger partial charge in [0.25, 0.3) is 0 Å². The van der Waals surface area contributed by atoms with E-state index in [1.54, 1.807) is 37.8 Å². The zero-order valence-corrected chi connectivity index (χ0v) is 29.5. The first-order valence-corrected chi connectivity index (χ1v) is 17.0. The molecule has 0 saturated carbocycles. The van der Waals surface area contributed by atoms with Crippen LogP contribution < -0.4 is 0 Å². The first-order chi connectivity index (χ1) is 22.6. The van der Waals surface area contributed by atoms with Gasteiger partial charge in [0.15, 0.2) is 5.82 Å². The summed E-state index contributed by atoms with van der Waals surface area (Å²) in [4.78, 5) is 54.1. The Bertz CT molecular complexity index is 1490. The number of amides is 1. The Morgan fingerprint density at radius 3 is 2.50 bits per heavy atom. The van der Waals surface area contributed by atoms with Gasteiger partial charge in [-0.05, 0) is 76.8 Å². The van der Waals surface area contributed by atoms with Crippen molar-refractivity contribution in [1.29, 1.82) is 0 Å². The molecule has 0 spiro atoms. The minimum Gasteiger partial charge on any atom is -0.459 e. The van der Waals surface area contributed by atoms with Crippen LogP contribution in [0.25, 0.3) is 5.82 Å².